The Kier molecular flexibility index (Phi) is 6.90. The maximum atomic E-state index is 5.00. The van der Waals surface area contributed by atoms with Gasteiger partial charge in [0.25, 0.3) is 0 Å². The first-order chi connectivity index (χ1) is 13.0. The van der Waals surface area contributed by atoms with E-state index in [1.54, 1.807) is 0 Å². The van der Waals surface area contributed by atoms with Gasteiger partial charge in [0, 0.05) is 10.8 Å². The Labute approximate surface area is 196 Å². The molecule has 150 valence electrons. The third-order valence-electron chi connectivity index (χ3n) is 4.39. The second-order valence-corrected chi connectivity index (χ2v) is 12.8. The molecule has 0 N–H and O–H groups in total. The van der Waals surface area contributed by atoms with Crippen LogP contribution in [0.25, 0.3) is 22.8 Å². The molecule has 0 aromatic carbocycles. The van der Waals surface area contributed by atoms with Crippen molar-refractivity contribution in [2.45, 2.75) is 52.4 Å². The monoisotopic (exact) mass is 639 g/mol. The van der Waals surface area contributed by atoms with Gasteiger partial charge in [0.15, 0.2) is 0 Å². The highest BCUT2D eigenvalue weighted by molar-refractivity contribution is 14.2. The minimum Gasteiger partial charge on any atom is -0.245 e. The second kappa shape index (κ2) is 8.56. The van der Waals surface area contributed by atoms with Gasteiger partial charge in [0.05, 0.1) is 46.9 Å². The maximum absolute atomic E-state index is 5.00. The molecule has 2 unspecified atom stereocenters. The van der Waals surface area contributed by atoms with E-state index in [1.807, 2.05) is 0 Å². The van der Waals surface area contributed by atoms with E-state index in [9.17, 15) is 0 Å². The van der Waals surface area contributed by atoms with E-state index in [0.717, 1.165) is 34.2 Å². The van der Waals surface area contributed by atoms with E-state index in [1.165, 1.54) is 0 Å². The highest BCUT2D eigenvalue weighted by Gasteiger charge is 2.23. The summed E-state index contributed by atoms with van der Waals surface area (Å²) in [6, 6.07) is 10.6. The van der Waals surface area contributed by atoms with Gasteiger partial charge in [-0.1, -0.05) is 47.6 Å². The van der Waals surface area contributed by atoms with E-state index >= 15 is 0 Å². The fourth-order valence-electron chi connectivity index (χ4n) is 2.71. The van der Waals surface area contributed by atoms with Crippen molar-refractivity contribution in [2.75, 3.05) is 0 Å². The molecule has 28 heavy (non-hydrogen) atoms. The van der Waals surface area contributed by atoms with Gasteiger partial charge in [-0.2, -0.15) is 10.2 Å². The zero-order chi connectivity index (χ0) is 20.7. The topological polar surface area (TPSA) is 48.5 Å². The molecule has 2 atom stereocenters. The van der Waals surface area contributed by atoms with Gasteiger partial charge in [0.2, 0.25) is 0 Å². The minimum absolute atomic E-state index is 0.0104. The molecule has 5 nitrogen and oxygen atoms in total. The van der Waals surface area contributed by atoms with E-state index in [4.69, 9.17) is 15.2 Å². The number of rotatable bonds is 4. The van der Waals surface area contributed by atoms with Crippen molar-refractivity contribution in [3.05, 3.63) is 41.7 Å². The van der Waals surface area contributed by atoms with Crippen molar-refractivity contribution in [3.8, 4) is 22.8 Å². The summed E-state index contributed by atoms with van der Waals surface area (Å²) in [5, 5.41) is 9.63. The number of hydrogen-bond acceptors (Lipinski definition) is 3. The Hall–Kier alpha value is -0.110. The van der Waals surface area contributed by atoms with E-state index in [-0.39, 0.29) is 10.8 Å². The summed E-state index contributed by atoms with van der Waals surface area (Å²) >= 11 is 4.75. The number of aromatic nitrogens is 5. The second-order valence-electron chi connectivity index (χ2n) is 8.73. The van der Waals surface area contributed by atoms with Crippen LogP contribution in [0.15, 0.2) is 30.3 Å². The third kappa shape index (κ3) is 4.79. The fraction of sp³-hybridized carbons (Fsp3) is 0.421. The summed E-state index contributed by atoms with van der Waals surface area (Å²) in [5.74, 6) is 0. The molecule has 0 aliphatic carbocycles. The first-order valence-electron chi connectivity index (χ1n) is 8.97. The molecule has 0 aliphatic rings. The van der Waals surface area contributed by atoms with Crippen LogP contribution in [-0.4, -0.2) is 24.1 Å². The van der Waals surface area contributed by atoms with Gasteiger partial charge < -0.3 is 0 Å². The zero-order valence-corrected chi connectivity index (χ0v) is 23.2. The van der Waals surface area contributed by atoms with Crippen LogP contribution in [0.4, 0.5) is 0 Å². The molecule has 0 saturated carbocycles. The third-order valence-corrected chi connectivity index (χ3v) is 8.13. The van der Waals surface area contributed by atoms with E-state index in [2.05, 4.69) is 125 Å². The van der Waals surface area contributed by atoms with E-state index in [0.29, 0.717) is 12.7 Å². The molecule has 0 aliphatic heterocycles. The Bertz CT molecular complexity index is 908. The quantitative estimate of drug-likeness (QED) is 0.229. The smallest absolute Gasteiger partial charge is 0.0916 e. The van der Waals surface area contributed by atoms with Gasteiger partial charge in [0.1, 0.15) is 0 Å². The average Bonchev–Trinajstić information content (AvgIpc) is 3.25. The number of halogens is 2. The molecule has 0 amide bonds. The molecule has 3 aromatic rings. The van der Waals surface area contributed by atoms with Crippen molar-refractivity contribution >= 4 is 56.8 Å². The molecule has 0 bridgehead atoms. The van der Waals surface area contributed by atoms with Gasteiger partial charge in [-0.3, -0.25) is 0 Å². The lowest BCUT2D eigenvalue weighted by Crippen LogP contribution is -2.11. The SMILES string of the molecule is CC(C)(C)c1cc(-c2cccc(-c3cc(C(C)(C)C)nn3PI)n2)n(PI)n1. The molecule has 3 aromatic heterocycles. The fourth-order valence-corrected chi connectivity index (χ4v) is 5.75. The molecule has 0 saturated heterocycles. The average molecular weight is 639 g/mol. The Morgan fingerprint density at radius 3 is 1.46 bits per heavy atom. The molecule has 3 rings (SSSR count). The molecule has 0 fully saturated rings. The summed E-state index contributed by atoms with van der Waals surface area (Å²) in [7, 11) is 0. The largest absolute Gasteiger partial charge is 0.245 e. The first-order valence-corrected chi connectivity index (χ1v) is 17.1. The summed E-state index contributed by atoms with van der Waals surface area (Å²) in [6.07, 6.45) is 1.06. The number of hydrogen-bond donors (Lipinski definition) is 0. The van der Waals surface area contributed by atoms with E-state index < -0.39 is 0 Å². The zero-order valence-electron chi connectivity index (χ0n) is 16.9. The lowest BCUT2D eigenvalue weighted by molar-refractivity contribution is 0.564. The van der Waals surface area contributed by atoms with Crippen molar-refractivity contribution in [1.82, 2.24) is 24.1 Å². The lowest BCUT2D eigenvalue weighted by atomic mass is 9.92. The van der Waals surface area contributed by atoms with Crippen LogP contribution in [-0.2, 0) is 10.8 Å². The normalized spacial score (nSPS) is 13.4. The van der Waals surface area contributed by atoms with Crippen LogP contribution < -0.4 is 0 Å². The summed E-state index contributed by atoms with van der Waals surface area (Å²) in [6.45, 7) is 13.2. The highest BCUT2D eigenvalue weighted by Crippen LogP contribution is 2.37. The van der Waals surface area contributed by atoms with Crippen LogP contribution in [0.1, 0.15) is 52.9 Å². The van der Waals surface area contributed by atoms with Crippen LogP contribution in [0, 0.1) is 0 Å². The van der Waals surface area contributed by atoms with Crippen LogP contribution in [0.3, 0.4) is 0 Å². The van der Waals surface area contributed by atoms with Crippen LogP contribution in [0.5, 0.6) is 0 Å². The standard InChI is InChI=1S/C19H25I2N5P2/c1-18(2,3)16-10-14(25(23-16)27-20)12-8-7-9-13(22-12)15-11-17(19(4,5)6)24-26(15)28-21/h7-11,27-28H,1-6H3. The molecule has 9 heteroatoms. The Morgan fingerprint density at radius 1 is 0.750 bits per heavy atom. The predicted molar refractivity (Wildman–Crippen MR) is 140 cm³/mol. The summed E-state index contributed by atoms with van der Waals surface area (Å²) in [4.78, 5) is 5.00. The first kappa shape index (κ1) is 22.6. The highest BCUT2D eigenvalue weighted by atomic mass is 127. The Balaban J connectivity index is 2.10. The molecule has 0 radical (unpaired) electrons. The lowest BCUT2D eigenvalue weighted by Gasteiger charge is -2.13. The van der Waals surface area contributed by atoms with Crippen molar-refractivity contribution in [1.29, 1.82) is 0 Å². The molecular formula is C19H25I2N5P2. The van der Waals surface area contributed by atoms with Gasteiger partial charge in [-0.15, -0.1) is 0 Å². The van der Waals surface area contributed by atoms with Crippen LogP contribution in [0.2, 0.25) is 0 Å². The number of pyridine rings is 1. The number of nitrogens with zero attached hydrogens (tertiary/aromatic N) is 5. The maximum Gasteiger partial charge on any atom is 0.0916 e. The van der Waals surface area contributed by atoms with Crippen LogP contribution >= 0.6 is 56.8 Å². The molecule has 3 heterocycles. The minimum atomic E-state index is 0.0104. The summed E-state index contributed by atoms with van der Waals surface area (Å²) in [5.41, 5.74) is 6.24. The molecular weight excluding hydrogens is 614 g/mol. The summed E-state index contributed by atoms with van der Waals surface area (Å²) < 4.78 is 4.12. The van der Waals surface area contributed by atoms with Gasteiger partial charge in [-0.25, -0.2) is 13.9 Å². The predicted octanol–water partition coefficient (Wildman–Crippen LogP) is 6.99. The van der Waals surface area contributed by atoms with Crippen molar-refractivity contribution < 1.29 is 0 Å². The van der Waals surface area contributed by atoms with Gasteiger partial charge >= 0.3 is 0 Å². The van der Waals surface area contributed by atoms with Crippen molar-refractivity contribution in [2.24, 2.45) is 0 Å². The Morgan fingerprint density at radius 2 is 1.14 bits per heavy atom. The van der Waals surface area contributed by atoms with Gasteiger partial charge in [-0.05, 0) is 68.3 Å². The molecule has 0 spiro atoms. The van der Waals surface area contributed by atoms with Crippen molar-refractivity contribution in [3.63, 3.8) is 0 Å².